The summed E-state index contributed by atoms with van der Waals surface area (Å²) in [5.41, 5.74) is 0. The topological polar surface area (TPSA) is 32.3 Å². The molecule has 2 unspecified atom stereocenters. The number of hydrogen-bond donors (Lipinski definition) is 1. The molecule has 20 heavy (non-hydrogen) atoms. The fourth-order valence-electron chi connectivity index (χ4n) is 3.94. The Morgan fingerprint density at radius 3 is 2.30 bits per heavy atom. The number of hydrogen-bond acceptors (Lipinski definition) is 2. The van der Waals surface area contributed by atoms with Crippen molar-refractivity contribution in [3.63, 3.8) is 0 Å². The fourth-order valence-corrected chi connectivity index (χ4v) is 3.94. The highest BCUT2D eigenvalue weighted by atomic mass is 16.2. The smallest absolute Gasteiger partial charge is 0.241 e. The molecule has 3 nitrogen and oxygen atoms in total. The average molecular weight is 280 g/mol. The summed E-state index contributed by atoms with van der Waals surface area (Å²) in [5, 5.41) is 3.57. The third-order valence-electron chi connectivity index (χ3n) is 5.16. The summed E-state index contributed by atoms with van der Waals surface area (Å²) in [5.74, 6) is 1.83. The van der Waals surface area contributed by atoms with Gasteiger partial charge in [0.25, 0.3) is 0 Å². The van der Waals surface area contributed by atoms with Gasteiger partial charge >= 0.3 is 0 Å². The number of nitrogens with one attached hydrogen (secondary N) is 1. The predicted octanol–water partition coefficient (Wildman–Crippen LogP) is 3.54. The highest BCUT2D eigenvalue weighted by Crippen LogP contribution is 2.33. The van der Waals surface area contributed by atoms with E-state index < -0.39 is 0 Å². The molecule has 0 spiro atoms. The van der Waals surface area contributed by atoms with Gasteiger partial charge in [0.2, 0.25) is 5.91 Å². The number of nitrogens with zero attached hydrogens (tertiary/aromatic N) is 1. The van der Waals surface area contributed by atoms with Crippen LogP contribution in [-0.4, -0.2) is 29.1 Å². The summed E-state index contributed by atoms with van der Waals surface area (Å²) in [7, 11) is 0. The standard InChI is InChI=1S/C17H32N2O/c1-5-13-7-9-14(10-8-13)19-16(6-2)18-15(17(19)20)11-12(3)4/h12-16,18H,5-11H2,1-4H3. The second-order valence-corrected chi connectivity index (χ2v) is 7.10. The minimum absolute atomic E-state index is 0.0591. The summed E-state index contributed by atoms with van der Waals surface area (Å²) in [6.07, 6.45) is 8.57. The van der Waals surface area contributed by atoms with Crippen molar-refractivity contribution < 1.29 is 4.79 Å². The third kappa shape index (κ3) is 3.36. The van der Waals surface area contributed by atoms with E-state index in [0.29, 0.717) is 17.9 Å². The van der Waals surface area contributed by atoms with Crippen LogP contribution >= 0.6 is 0 Å². The van der Waals surface area contributed by atoms with E-state index in [1.165, 1.54) is 32.1 Å². The van der Waals surface area contributed by atoms with Gasteiger partial charge in [0.1, 0.15) is 0 Å². The number of amides is 1. The van der Waals surface area contributed by atoms with Gasteiger partial charge in [0.05, 0.1) is 12.2 Å². The molecular weight excluding hydrogens is 248 g/mol. The molecule has 1 aliphatic carbocycles. The van der Waals surface area contributed by atoms with Gasteiger partial charge in [-0.25, -0.2) is 0 Å². The van der Waals surface area contributed by atoms with Gasteiger partial charge in [-0.1, -0.05) is 34.1 Å². The van der Waals surface area contributed by atoms with Crippen molar-refractivity contribution in [2.45, 2.75) is 90.9 Å². The lowest BCUT2D eigenvalue weighted by atomic mass is 9.83. The molecule has 1 saturated carbocycles. The van der Waals surface area contributed by atoms with Crippen molar-refractivity contribution >= 4 is 5.91 Å². The lowest BCUT2D eigenvalue weighted by molar-refractivity contribution is -0.133. The maximum atomic E-state index is 12.7. The first-order valence-electron chi connectivity index (χ1n) is 8.65. The molecule has 0 aromatic heterocycles. The van der Waals surface area contributed by atoms with E-state index in [4.69, 9.17) is 0 Å². The SMILES string of the molecule is CCC1CCC(N2C(=O)C(CC(C)C)NC2CC)CC1. The molecule has 2 rings (SSSR count). The largest absolute Gasteiger partial charge is 0.323 e. The maximum Gasteiger partial charge on any atom is 0.241 e. The molecule has 2 fully saturated rings. The Morgan fingerprint density at radius 1 is 1.15 bits per heavy atom. The van der Waals surface area contributed by atoms with Crippen LogP contribution in [0, 0.1) is 11.8 Å². The maximum absolute atomic E-state index is 12.7. The molecule has 2 atom stereocenters. The third-order valence-corrected chi connectivity index (χ3v) is 5.16. The van der Waals surface area contributed by atoms with Crippen molar-refractivity contribution in [2.75, 3.05) is 0 Å². The van der Waals surface area contributed by atoms with E-state index in [9.17, 15) is 4.79 Å². The first-order valence-corrected chi connectivity index (χ1v) is 8.65. The quantitative estimate of drug-likeness (QED) is 0.835. The van der Waals surface area contributed by atoms with E-state index in [0.717, 1.165) is 18.8 Å². The number of rotatable bonds is 5. The molecule has 1 amide bonds. The first kappa shape index (κ1) is 15.8. The summed E-state index contributed by atoms with van der Waals surface area (Å²) >= 11 is 0. The Bertz CT molecular complexity index is 321. The molecule has 0 aromatic carbocycles. The normalized spacial score (nSPS) is 35.0. The fraction of sp³-hybridized carbons (Fsp3) is 0.941. The Labute approximate surface area is 124 Å². The molecule has 116 valence electrons. The Balaban J connectivity index is 2.00. The zero-order valence-corrected chi connectivity index (χ0v) is 13.7. The van der Waals surface area contributed by atoms with Crippen LogP contribution in [0.2, 0.25) is 0 Å². The van der Waals surface area contributed by atoms with E-state index in [-0.39, 0.29) is 12.2 Å². The van der Waals surface area contributed by atoms with Crippen LogP contribution in [0.15, 0.2) is 0 Å². The Kier molecular flexibility index (Phi) is 5.48. The summed E-state index contributed by atoms with van der Waals surface area (Å²) < 4.78 is 0. The van der Waals surface area contributed by atoms with Crippen LogP contribution in [0.25, 0.3) is 0 Å². The number of carbonyl (C=O) groups is 1. The molecule has 0 aromatic rings. The van der Waals surface area contributed by atoms with Gasteiger partial charge in [-0.15, -0.1) is 0 Å². The minimum Gasteiger partial charge on any atom is -0.323 e. The Morgan fingerprint density at radius 2 is 1.80 bits per heavy atom. The second-order valence-electron chi connectivity index (χ2n) is 7.10. The summed E-state index contributed by atoms with van der Waals surface area (Å²) in [6, 6.07) is 0.545. The van der Waals surface area contributed by atoms with Crippen LogP contribution in [0.4, 0.5) is 0 Å². The van der Waals surface area contributed by atoms with Crippen LogP contribution in [0.1, 0.15) is 72.6 Å². The summed E-state index contributed by atoms with van der Waals surface area (Å²) in [6.45, 7) is 8.88. The molecule has 1 N–H and O–H groups in total. The molecule has 2 aliphatic rings. The lowest BCUT2D eigenvalue weighted by Gasteiger charge is -2.37. The van der Waals surface area contributed by atoms with E-state index in [2.05, 4.69) is 37.9 Å². The molecule has 0 bridgehead atoms. The van der Waals surface area contributed by atoms with E-state index in [1.807, 2.05) is 0 Å². The van der Waals surface area contributed by atoms with Crippen LogP contribution in [0.3, 0.4) is 0 Å². The van der Waals surface area contributed by atoms with Crippen molar-refractivity contribution in [3.8, 4) is 0 Å². The molecule has 1 heterocycles. The highest BCUT2D eigenvalue weighted by Gasteiger charge is 2.42. The number of carbonyl (C=O) groups excluding carboxylic acids is 1. The predicted molar refractivity (Wildman–Crippen MR) is 83.3 cm³/mol. The van der Waals surface area contributed by atoms with Gasteiger partial charge in [0, 0.05) is 6.04 Å². The Hall–Kier alpha value is -0.570. The first-order chi connectivity index (χ1) is 9.56. The monoisotopic (exact) mass is 280 g/mol. The van der Waals surface area contributed by atoms with Gasteiger partial charge < -0.3 is 4.90 Å². The zero-order valence-electron chi connectivity index (χ0n) is 13.7. The van der Waals surface area contributed by atoms with Gasteiger partial charge in [-0.2, -0.15) is 0 Å². The van der Waals surface area contributed by atoms with Crippen LogP contribution in [-0.2, 0) is 4.79 Å². The van der Waals surface area contributed by atoms with Crippen molar-refractivity contribution in [2.24, 2.45) is 11.8 Å². The summed E-state index contributed by atoms with van der Waals surface area (Å²) in [4.78, 5) is 14.9. The van der Waals surface area contributed by atoms with Gasteiger partial charge in [-0.05, 0) is 50.4 Å². The van der Waals surface area contributed by atoms with E-state index in [1.54, 1.807) is 0 Å². The molecule has 0 radical (unpaired) electrons. The average Bonchev–Trinajstić information content (AvgIpc) is 2.75. The van der Waals surface area contributed by atoms with Crippen LogP contribution in [0.5, 0.6) is 0 Å². The molecule has 1 saturated heterocycles. The van der Waals surface area contributed by atoms with Crippen LogP contribution < -0.4 is 5.32 Å². The zero-order chi connectivity index (χ0) is 14.7. The van der Waals surface area contributed by atoms with Crippen molar-refractivity contribution in [1.82, 2.24) is 10.2 Å². The highest BCUT2D eigenvalue weighted by molar-refractivity contribution is 5.84. The van der Waals surface area contributed by atoms with Crippen molar-refractivity contribution in [3.05, 3.63) is 0 Å². The lowest BCUT2D eigenvalue weighted by Crippen LogP contribution is -2.45. The van der Waals surface area contributed by atoms with Crippen molar-refractivity contribution in [1.29, 1.82) is 0 Å². The minimum atomic E-state index is 0.0591. The van der Waals surface area contributed by atoms with Gasteiger partial charge in [0.15, 0.2) is 0 Å². The van der Waals surface area contributed by atoms with E-state index >= 15 is 0 Å². The molecule has 3 heteroatoms. The molecular formula is C17H32N2O. The van der Waals surface area contributed by atoms with Gasteiger partial charge in [-0.3, -0.25) is 10.1 Å². The second kappa shape index (κ2) is 6.93. The molecule has 1 aliphatic heterocycles.